The Morgan fingerprint density at radius 1 is 1.47 bits per heavy atom. The van der Waals surface area contributed by atoms with Crippen molar-refractivity contribution in [3.05, 3.63) is 29.8 Å². The summed E-state index contributed by atoms with van der Waals surface area (Å²) in [6, 6.07) is 3.83. The summed E-state index contributed by atoms with van der Waals surface area (Å²) in [7, 11) is 0. The van der Waals surface area contributed by atoms with Crippen LogP contribution in [0.4, 0.5) is 0 Å². The molecule has 2 N–H and O–H groups in total. The van der Waals surface area contributed by atoms with E-state index in [0.717, 1.165) is 11.3 Å². The molecule has 0 unspecified atom stereocenters. The summed E-state index contributed by atoms with van der Waals surface area (Å²) in [5.41, 5.74) is 7.23. The zero-order valence-corrected chi connectivity index (χ0v) is 8.47. The average Bonchev–Trinajstić information content (AvgIpc) is 2.67. The molecule has 2 aromatic heterocycles. The van der Waals surface area contributed by atoms with Crippen LogP contribution >= 0.6 is 0 Å². The molecule has 0 aromatic carbocycles. The minimum Gasteiger partial charge on any atom is -0.339 e. The minimum atomic E-state index is 0.503. The van der Waals surface area contributed by atoms with Crippen molar-refractivity contribution in [3.63, 3.8) is 0 Å². The number of nitrogens with two attached hydrogens (primary N) is 1. The van der Waals surface area contributed by atoms with Crippen molar-refractivity contribution in [2.45, 2.75) is 13.3 Å². The summed E-state index contributed by atoms with van der Waals surface area (Å²) in [4.78, 5) is 8.36. The maximum Gasteiger partial charge on any atom is 0.228 e. The summed E-state index contributed by atoms with van der Waals surface area (Å²) in [6.45, 7) is 2.49. The first-order chi connectivity index (χ1) is 7.29. The molecular weight excluding hydrogens is 192 g/mol. The summed E-state index contributed by atoms with van der Waals surface area (Å²) in [6.07, 6.45) is 2.32. The molecule has 0 atom stereocenters. The van der Waals surface area contributed by atoms with Gasteiger partial charge in [-0.2, -0.15) is 4.98 Å². The Balaban J connectivity index is 2.29. The zero-order chi connectivity index (χ0) is 10.7. The molecule has 0 radical (unpaired) electrons. The maximum absolute atomic E-state index is 5.39. The van der Waals surface area contributed by atoms with Crippen LogP contribution in [0.2, 0.25) is 0 Å². The van der Waals surface area contributed by atoms with Gasteiger partial charge < -0.3 is 10.3 Å². The Morgan fingerprint density at radius 2 is 2.33 bits per heavy atom. The number of aryl methyl sites for hydroxylation is 1. The van der Waals surface area contributed by atoms with Crippen molar-refractivity contribution in [1.82, 2.24) is 15.1 Å². The second-order valence-electron chi connectivity index (χ2n) is 3.27. The van der Waals surface area contributed by atoms with Gasteiger partial charge in [-0.05, 0) is 24.6 Å². The number of rotatable bonds is 3. The Kier molecular flexibility index (Phi) is 2.73. The largest absolute Gasteiger partial charge is 0.339 e. The molecule has 2 rings (SSSR count). The average molecular weight is 204 g/mol. The van der Waals surface area contributed by atoms with Crippen LogP contribution in [0.3, 0.4) is 0 Å². The molecule has 5 nitrogen and oxygen atoms in total. The Bertz CT molecular complexity index is 452. The summed E-state index contributed by atoms with van der Waals surface area (Å²) in [5, 5.41) is 3.84. The van der Waals surface area contributed by atoms with Gasteiger partial charge in [-0.1, -0.05) is 5.16 Å². The van der Waals surface area contributed by atoms with E-state index < -0.39 is 0 Å². The SMILES string of the molecule is Cc1ccnc(-c2noc(CCN)n2)c1. The van der Waals surface area contributed by atoms with E-state index >= 15 is 0 Å². The zero-order valence-electron chi connectivity index (χ0n) is 8.47. The van der Waals surface area contributed by atoms with E-state index in [0.29, 0.717) is 24.7 Å². The highest BCUT2D eigenvalue weighted by Gasteiger charge is 2.08. The van der Waals surface area contributed by atoms with Crippen LogP contribution in [0.5, 0.6) is 0 Å². The standard InChI is InChI=1S/C10H12N4O/c1-7-3-5-12-8(6-7)10-13-9(2-4-11)15-14-10/h3,5-6H,2,4,11H2,1H3. The Hall–Kier alpha value is -1.75. The van der Waals surface area contributed by atoms with E-state index in [1.165, 1.54) is 0 Å². The van der Waals surface area contributed by atoms with E-state index in [1.807, 2.05) is 19.1 Å². The third-order valence-corrected chi connectivity index (χ3v) is 1.97. The molecule has 0 amide bonds. The predicted molar refractivity (Wildman–Crippen MR) is 55.0 cm³/mol. The summed E-state index contributed by atoms with van der Waals surface area (Å²) < 4.78 is 5.02. The Morgan fingerprint density at radius 3 is 3.07 bits per heavy atom. The van der Waals surface area contributed by atoms with Crippen molar-refractivity contribution in [2.75, 3.05) is 6.54 Å². The molecule has 0 saturated heterocycles. The first-order valence-electron chi connectivity index (χ1n) is 4.75. The van der Waals surface area contributed by atoms with Crippen LogP contribution in [-0.2, 0) is 6.42 Å². The van der Waals surface area contributed by atoms with Crippen molar-refractivity contribution in [2.24, 2.45) is 5.73 Å². The first-order valence-corrected chi connectivity index (χ1v) is 4.75. The molecule has 2 heterocycles. The number of hydrogen-bond donors (Lipinski definition) is 1. The first kappa shape index (κ1) is 9.79. The van der Waals surface area contributed by atoms with Crippen LogP contribution in [0.1, 0.15) is 11.5 Å². The van der Waals surface area contributed by atoms with E-state index in [4.69, 9.17) is 10.3 Å². The second kappa shape index (κ2) is 4.18. The van der Waals surface area contributed by atoms with Gasteiger partial charge in [-0.25, -0.2) is 0 Å². The van der Waals surface area contributed by atoms with Crippen LogP contribution in [0.25, 0.3) is 11.5 Å². The van der Waals surface area contributed by atoms with Crippen LogP contribution in [0.15, 0.2) is 22.9 Å². The fraction of sp³-hybridized carbons (Fsp3) is 0.300. The molecule has 0 aliphatic rings. The molecule has 0 bridgehead atoms. The van der Waals surface area contributed by atoms with Crippen LogP contribution < -0.4 is 5.73 Å². The van der Waals surface area contributed by atoms with Gasteiger partial charge in [0.05, 0.1) is 0 Å². The highest BCUT2D eigenvalue weighted by atomic mass is 16.5. The highest BCUT2D eigenvalue weighted by molar-refractivity contribution is 5.48. The predicted octanol–water partition coefficient (Wildman–Crippen LogP) is 0.941. The third-order valence-electron chi connectivity index (χ3n) is 1.97. The van der Waals surface area contributed by atoms with Crippen molar-refractivity contribution in [1.29, 1.82) is 0 Å². The number of aromatic nitrogens is 3. The monoisotopic (exact) mass is 204 g/mol. The number of pyridine rings is 1. The molecule has 5 heteroatoms. The van der Waals surface area contributed by atoms with Gasteiger partial charge in [-0.3, -0.25) is 4.98 Å². The van der Waals surface area contributed by atoms with Gasteiger partial charge in [0.2, 0.25) is 11.7 Å². The van der Waals surface area contributed by atoms with E-state index in [-0.39, 0.29) is 0 Å². The molecule has 2 aromatic rings. The third kappa shape index (κ3) is 2.19. The summed E-state index contributed by atoms with van der Waals surface area (Å²) >= 11 is 0. The van der Waals surface area contributed by atoms with E-state index in [2.05, 4.69) is 15.1 Å². The molecular formula is C10H12N4O. The van der Waals surface area contributed by atoms with Crippen molar-refractivity contribution < 1.29 is 4.52 Å². The fourth-order valence-corrected chi connectivity index (χ4v) is 1.24. The lowest BCUT2D eigenvalue weighted by molar-refractivity contribution is 0.380. The number of hydrogen-bond acceptors (Lipinski definition) is 5. The van der Waals surface area contributed by atoms with Gasteiger partial charge in [0, 0.05) is 19.2 Å². The number of nitrogens with zero attached hydrogens (tertiary/aromatic N) is 3. The minimum absolute atomic E-state index is 0.503. The molecule has 0 saturated carbocycles. The van der Waals surface area contributed by atoms with Gasteiger partial charge >= 0.3 is 0 Å². The van der Waals surface area contributed by atoms with E-state index in [9.17, 15) is 0 Å². The van der Waals surface area contributed by atoms with Crippen molar-refractivity contribution >= 4 is 0 Å². The molecule has 0 aliphatic heterocycles. The van der Waals surface area contributed by atoms with Gasteiger partial charge in [-0.15, -0.1) is 0 Å². The normalized spacial score (nSPS) is 10.5. The molecule has 0 aliphatic carbocycles. The van der Waals surface area contributed by atoms with Gasteiger partial charge in [0.15, 0.2) is 0 Å². The Labute approximate surface area is 87.3 Å². The molecule has 78 valence electrons. The highest BCUT2D eigenvalue weighted by Crippen LogP contribution is 2.13. The van der Waals surface area contributed by atoms with Gasteiger partial charge in [0.25, 0.3) is 0 Å². The smallest absolute Gasteiger partial charge is 0.228 e. The van der Waals surface area contributed by atoms with Crippen LogP contribution in [0, 0.1) is 6.92 Å². The van der Waals surface area contributed by atoms with Crippen molar-refractivity contribution in [3.8, 4) is 11.5 Å². The molecule has 0 fully saturated rings. The fourth-order valence-electron chi connectivity index (χ4n) is 1.24. The molecule has 0 spiro atoms. The summed E-state index contributed by atoms with van der Waals surface area (Å²) in [5.74, 6) is 1.07. The lowest BCUT2D eigenvalue weighted by Gasteiger charge is -1.94. The van der Waals surface area contributed by atoms with Crippen LogP contribution in [-0.4, -0.2) is 21.7 Å². The second-order valence-corrected chi connectivity index (χ2v) is 3.27. The quantitative estimate of drug-likeness (QED) is 0.805. The lowest BCUT2D eigenvalue weighted by atomic mass is 10.2. The van der Waals surface area contributed by atoms with Gasteiger partial charge in [0.1, 0.15) is 5.69 Å². The molecule has 15 heavy (non-hydrogen) atoms. The van der Waals surface area contributed by atoms with E-state index in [1.54, 1.807) is 6.20 Å². The maximum atomic E-state index is 5.39. The topological polar surface area (TPSA) is 77.8 Å². The lowest BCUT2D eigenvalue weighted by Crippen LogP contribution is -2.02.